The third-order valence-electron chi connectivity index (χ3n) is 3.85. The Morgan fingerprint density at radius 3 is 2.83 bits per heavy atom. The van der Waals surface area contributed by atoms with Crippen LogP contribution in [0.25, 0.3) is 0 Å². The summed E-state index contributed by atoms with van der Waals surface area (Å²) in [5.74, 6) is 0.0870. The summed E-state index contributed by atoms with van der Waals surface area (Å²) < 4.78 is 5.67. The highest BCUT2D eigenvalue weighted by Gasteiger charge is 2.44. The zero-order valence-electron chi connectivity index (χ0n) is 11.8. The van der Waals surface area contributed by atoms with E-state index in [4.69, 9.17) is 4.74 Å². The summed E-state index contributed by atoms with van der Waals surface area (Å²) in [5.41, 5.74) is 1.84. The van der Waals surface area contributed by atoms with Gasteiger partial charge < -0.3 is 10.1 Å². The van der Waals surface area contributed by atoms with E-state index >= 15 is 0 Å². The molecule has 2 aliphatic rings. The Labute approximate surface area is 130 Å². The number of nitro benzene ring substituents is 1. The molecule has 23 heavy (non-hydrogen) atoms. The summed E-state index contributed by atoms with van der Waals surface area (Å²) in [5, 5.41) is 14.0. The summed E-state index contributed by atoms with van der Waals surface area (Å²) in [6.45, 7) is 0. The van der Waals surface area contributed by atoms with E-state index in [1.165, 1.54) is 18.2 Å². The summed E-state index contributed by atoms with van der Waals surface area (Å²) in [7, 11) is 0. The molecule has 114 valence electrons. The molecule has 2 aliphatic heterocycles. The third kappa shape index (κ3) is 2.13. The van der Waals surface area contributed by atoms with E-state index in [2.05, 4.69) is 10.3 Å². The number of ether oxygens (including phenoxy) is 1. The molecule has 1 fully saturated rings. The molecule has 0 spiro atoms. The topological polar surface area (TPSA) is 93.8 Å². The summed E-state index contributed by atoms with van der Waals surface area (Å²) in [6, 6.07) is 12.6. The van der Waals surface area contributed by atoms with Crippen molar-refractivity contribution in [3.63, 3.8) is 0 Å². The highest BCUT2D eigenvalue weighted by Crippen LogP contribution is 2.37. The highest BCUT2D eigenvalue weighted by atomic mass is 16.6. The number of para-hydroxylation sites is 2. The normalized spacial score (nSPS) is 21.6. The van der Waals surface area contributed by atoms with Crippen molar-refractivity contribution >= 4 is 28.7 Å². The maximum absolute atomic E-state index is 12.6. The number of carbonyl (C=O) groups excluding carboxylic acids is 1. The number of aliphatic imine (C=N–C) groups is 1. The van der Waals surface area contributed by atoms with E-state index in [9.17, 15) is 14.9 Å². The number of ketones is 1. The van der Waals surface area contributed by atoms with Crippen LogP contribution in [0.5, 0.6) is 0 Å². The van der Waals surface area contributed by atoms with Gasteiger partial charge in [-0.15, -0.1) is 0 Å². The molecule has 2 heterocycles. The quantitative estimate of drug-likeness (QED) is 0.680. The van der Waals surface area contributed by atoms with Gasteiger partial charge in [0.05, 0.1) is 16.3 Å². The Morgan fingerprint density at radius 1 is 1.17 bits per heavy atom. The number of hydrogen-bond donors (Lipinski definition) is 1. The predicted molar refractivity (Wildman–Crippen MR) is 82.9 cm³/mol. The lowest BCUT2D eigenvalue weighted by molar-refractivity contribution is -0.384. The molecule has 0 radical (unpaired) electrons. The van der Waals surface area contributed by atoms with Gasteiger partial charge in [-0.2, -0.15) is 0 Å². The molecule has 1 N–H and O–H groups in total. The van der Waals surface area contributed by atoms with E-state index in [1.54, 1.807) is 6.07 Å². The van der Waals surface area contributed by atoms with Crippen molar-refractivity contribution in [2.75, 3.05) is 5.32 Å². The average Bonchev–Trinajstić information content (AvgIpc) is 2.89. The monoisotopic (exact) mass is 309 g/mol. The number of fused-ring (bicyclic) bond motifs is 2. The van der Waals surface area contributed by atoms with Crippen LogP contribution in [0.3, 0.4) is 0 Å². The Morgan fingerprint density at radius 2 is 2.00 bits per heavy atom. The number of benzene rings is 2. The molecule has 1 saturated heterocycles. The number of anilines is 1. The fourth-order valence-electron chi connectivity index (χ4n) is 2.74. The minimum absolute atomic E-state index is 0.0769. The van der Waals surface area contributed by atoms with Crippen LogP contribution in [0.15, 0.2) is 53.5 Å². The van der Waals surface area contributed by atoms with Crippen molar-refractivity contribution in [3.8, 4) is 0 Å². The van der Waals surface area contributed by atoms with Crippen molar-refractivity contribution in [2.24, 2.45) is 4.99 Å². The lowest BCUT2D eigenvalue weighted by Crippen LogP contribution is -2.33. The molecule has 2 atom stereocenters. The number of nitrogens with zero attached hydrogens (tertiary/aromatic N) is 2. The van der Waals surface area contributed by atoms with Crippen LogP contribution in [0, 0.1) is 10.1 Å². The number of rotatable bonds is 2. The van der Waals surface area contributed by atoms with Crippen LogP contribution < -0.4 is 5.32 Å². The van der Waals surface area contributed by atoms with Gasteiger partial charge in [0.2, 0.25) is 11.7 Å². The first-order valence-electron chi connectivity index (χ1n) is 7.02. The van der Waals surface area contributed by atoms with Crippen molar-refractivity contribution in [1.29, 1.82) is 0 Å². The molecular formula is C16H11N3O4. The van der Waals surface area contributed by atoms with Crippen molar-refractivity contribution in [3.05, 3.63) is 64.2 Å². The molecule has 7 nitrogen and oxygen atoms in total. The zero-order chi connectivity index (χ0) is 16.0. The van der Waals surface area contributed by atoms with Crippen molar-refractivity contribution in [1.82, 2.24) is 0 Å². The van der Waals surface area contributed by atoms with Crippen LogP contribution in [0.2, 0.25) is 0 Å². The zero-order valence-corrected chi connectivity index (χ0v) is 11.8. The van der Waals surface area contributed by atoms with E-state index in [0.29, 0.717) is 17.1 Å². The molecule has 0 amide bonds. The summed E-state index contributed by atoms with van der Waals surface area (Å²) >= 11 is 0. The Hall–Kier alpha value is -3.22. The second-order valence-corrected chi connectivity index (χ2v) is 5.30. The number of non-ortho nitro benzene ring substituents is 1. The fraction of sp³-hybridized carbons (Fsp3) is 0.125. The summed E-state index contributed by atoms with van der Waals surface area (Å²) in [6.07, 6.45) is -0.888. The van der Waals surface area contributed by atoms with E-state index in [-0.39, 0.29) is 11.5 Å². The molecule has 0 bridgehead atoms. The van der Waals surface area contributed by atoms with E-state index in [0.717, 1.165) is 5.69 Å². The van der Waals surface area contributed by atoms with E-state index < -0.39 is 17.1 Å². The maximum Gasteiger partial charge on any atom is 0.269 e. The highest BCUT2D eigenvalue weighted by molar-refractivity contribution is 6.16. The molecule has 0 saturated carbocycles. The van der Waals surface area contributed by atoms with Crippen LogP contribution in [-0.2, 0) is 9.53 Å². The van der Waals surface area contributed by atoms with Gasteiger partial charge in [-0.25, -0.2) is 4.99 Å². The summed E-state index contributed by atoms with van der Waals surface area (Å²) in [4.78, 5) is 27.4. The maximum atomic E-state index is 12.6. The minimum atomic E-state index is -0.888. The second kappa shape index (κ2) is 4.91. The first-order valence-corrected chi connectivity index (χ1v) is 7.02. The first kappa shape index (κ1) is 13.4. The third-order valence-corrected chi connectivity index (χ3v) is 3.85. The average molecular weight is 309 g/mol. The van der Waals surface area contributed by atoms with Gasteiger partial charge in [-0.1, -0.05) is 24.3 Å². The number of nitro groups is 1. The first-order chi connectivity index (χ1) is 11.1. The second-order valence-electron chi connectivity index (χ2n) is 5.30. The molecule has 2 aromatic rings. The van der Waals surface area contributed by atoms with Gasteiger partial charge >= 0.3 is 0 Å². The molecule has 7 heteroatoms. The lowest BCUT2D eigenvalue weighted by atomic mass is 10.0. The molecule has 0 aliphatic carbocycles. The Kier molecular flexibility index (Phi) is 2.87. The standard InChI is InChI=1S/C16H11N3O4/c20-14-13-16(18-12-7-2-1-6-11(12)17-13)23-15(14)9-4-3-5-10(8-9)19(21)22/h1-8,13,15,17H/t13-,15-/m0/s1. The van der Waals surface area contributed by atoms with Crippen LogP contribution in [-0.4, -0.2) is 22.6 Å². The van der Waals surface area contributed by atoms with Gasteiger partial charge in [0, 0.05) is 17.7 Å². The lowest BCUT2D eigenvalue weighted by Gasteiger charge is -2.18. The largest absolute Gasteiger partial charge is 0.463 e. The Bertz CT molecular complexity index is 862. The Balaban J connectivity index is 1.69. The number of hydrogen-bond acceptors (Lipinski definition) is 6. The van der Waals surface area contributed by atoms with Crippen LogP contribution >= 0.6 is 0 Å². The SMILES string of the molecule is O=C1[C@@H]2Nc3ccccc3N=C2O[C@H]1c1cccc([N+](=O)[O-])c1. The van der Waals surface area contributed by atoms with Crippen molar-refractivity contribution in [2.45, 2.75) is 12.1 Å². The smallest absolute Gasteiger partial charge is 0.269 e. The van der Waals surface area contributed by atoms with Crippen molar-refractivity contribution < 1.29 is 14.5 Å². The van der Waals surface area contributed by atoms with Gasteiger partial charge in [0.1, 0.15) is 0 Å². The number of carbonyl (C=O) groups is 1. The van der Waals surface area contributed by atoms with Gasteiger partial charge in [-0.05, 0) is 12.1 Å². The molecule has 0 unspecified atom stereocenters. The number of Topliss-reactive ketones (excluding diaryl/α,β-unsaturated/α-hetero) is 1. The minimum Gasteiger partial charge on any atom is -0.463 e. The van der Waals surface area contributed by atoms with Gasteiger partial charge in [0.25, 0.3) is 5.69 Å². The van der Waals surface area contributed by atoms with Crippen LogP contribution in [0.1, 0.15) is 11.7 Å². The molecular weight excluding hydrogens is 298 g/mol. The molecule has 0 aromatic heterocycles. The van der Waals surface area contributed by atoms with E-state index in [1.807, 2.05) is 24.3 Å². The van der Waals surface area contributed by atoms with Crippen LogP contribution in [0.4, 0.5) is 17.1 Å². The number of nitrogens with one attached hydrogen (secondary N) is 1. The molecule has 4 rings (SSSR count). The van der Waals surface area contributed by atoms with Gasteiger partial charge in [-0.3, -0.25) is 14.9 Å². The molecule has 2 aromatic carbocycles. The fourth-order valence-corrected chi connectivity index (χ4v) is 2.74. The van der Waals surface area contributed by atoms with Gasteiger partial charge in [0.15, 0.2) is 12.1 Å². The predicted octanol–water partition coefficient (Wildman–Crippen LogP) is 2.76.